The van der Waals surface area contributed by atoms with Gasteiger partial charge in [0.1, 0.15) is 0 Å². The molecule has 21 heavy (non-hydrogen) atoms. The molecule has 0 aromatic heterocycles. The van der Waals surface area contributed by atoms with Gasteiger partial charge < -0.3 is 15.2 Å². The van der Waals surface area contributed by atoms with Gasteiger partial charge in [0.05, 0.1) is 14.2 Å². The Morgan fingerprint density at radius 1 is 1.10 bits per heavy atom. The number of hydrogen-bond acceptors (Lipinski definition) is 3. The Morgan fingerprint density at radius 2 is 1.81 bits per heavy atom. The van der Waals surface area contributed by atoms with Crippen LogP contribution < -0.4 is 15.2 Å². The third-order valence-corrected chi connectivity index (χ3v) is 4.22. The second-order valence-electron chi connectivity index (χ2n) is 4.67. The Labute approximate surface area is 138 Å². The molecule has 0 saturated heterocycles. The molecule has 2 rings (SSSR count). The maximum atomic E-state index is 6.30. The maximum absolute atomic E-state index is 6.30. The Balaban J connectivity index is 2.23. The number of nitrogens with two attached hydrogens (primary N) is 1. The van der Waals surface area contributed by atoms with Gasteiger partial charge in [-0.05, 0) is 47.9 Å². The fraction of sp³-hybridized carbons (Fsp3) is 0.250. The molecular weight excluding hydrogens is 354 g/mol. The van der Waals surface area contributed by atoms with Gasteiger partial charge in [-0.3, -0.25) is 0 Å². The molecule has 0 aliphatic heterocycles. The molecule has 2 N–H and O–H groups in total. The average molecular weight is 371 g/mol. The summed E-state index contributed by atoms with van der Waals surface area (Å²) in [4.78, 5) is 0. The number of ether oxygens (including phenoxy) is 2. The summed E-state index contributed by atoms with van der Waals surface area (Å²) >= 11 is 9.55. The average Bonchev–Trinajstić information content (AvgIpc) is 2.49. The summed E-state index contributed by atoms with van der Waals surface area (Å²) in [5.74, 6) is 1.41. The standard InChI is InChI=1S/C16H17BrClNO2/c1-20-15-6-3-10(8-16(15)21-2)7-14(19)12-9-11(18)4-5-13(12)17/h3-6,8-9,14H,7,19H2,1-2H3. The van der Waals surface area contributed by atoms with Crippen LogP contribution >= 0.6 is 27.5 Å². The summed E-state index contributed by atoms with van der Waals surface area (Å²) in [5, 5.41) is 0.677. The van der Waals surface area contributed by atoms with Gasteiger partial charge in [-0.25, -0.2) is 0 Å². The van der Waals surface area contributed by atoms with Gasteiger partial charge in [0.2, 0.25) is 0 Å². The second-order valence-corrected chi connectivity index (χ2v) is 5.96. The predicted octanol–water partition coefficient (Wildman–Crippen LogP) is 4.36. The smallest absolute Gasteiger partial charge is 0.160 e. The van der Waals surface area contributed by atoms with Crippen LogP contribution in [0.15, 0.2) is 40.9 Å². The van der Waals surface area contributed by atoms with Crippen LogP contribution in [0, 0.1) is 0 Å². The lowest BCUT2D eigenvalue weighted by molar-refractivity contribution is 0.354. The molecule has 0 saturated carbocycles. The van der Waals surface area contributed by atoms with Gasteiger partial charge in [0, 0.05) is 15.5 Å². The van der Waals surface area contributed by atoms with Crippen LogP contribution in [0.5, 0.6) is 11.5 Å². The van der Waals surface area contributed by atoms with E-state index in [4.69, 9.17) is 26.8 Å². The van der Waals surface area contributed by atoms with Gasteiger partial charge in [-0.1, -0.05) is 33.6 Å². The monoisotopic (exact) mass is 369 g/mol. The highest BCUT2D eigenvalue weighted by Gasteiger charge is 2.13. The zero-order valence-corrected chi connectivity index (χ0v) is 14.2. The molecule has 112 valence electrons. The molecule has 0 radical (unpaired) electrons. The lowest BCUT2D eigenvalue weighted by Crippen LogP contribution is -2.14. The molecule has 3 nitrogen and oxygen atoms in total. The third-order valence-electron chi connectivity index (χ3n) is 3.26. The zero-order chi connectivity index (χ0) is 15.4. The quantitative estimate of drug-likeness (QED) is 0.850. The maximum Gasteiger partial charge on any atom is 0.160 e. The van der Waals surface area contributed by atoms with E-state index in [9.17, 15) is 0 Å². The number of rotatable bonds is 5. The van der Waals surface area contributed by atoms with E-state index >= 15 is 0 Å². The molecule has 1 unspecified atom stereocenters. The van der Waals surface area contributed by atoms with Crippen molar-refractivity contribution in [3.63, 3.8) is 0 Å². The fourth-order valence-corrected chi connectivity index (χ4v) is 2.89. The zero-order valence-electron chi connectivity index (χ0n) is 11.9. The van der Waals surface area contributed by atoms with Gasteiger partial charge >= 0.3 is 0 Å². The molecule has 0 bridgehead atoms. The van der Waals surface area contributed by atoms with E-state index < -0.39 is 0 Å². The van der Waals surface area contributed by atoms with E-state index in [1.807, 2.05) is 36.4 Å². The van der Waals surface area contributed by atoms with Crippen molar-refractivity contribution in [2.24, 2.45) is 5.73 Å². The highest BCUT2D eigenvalue weighted by atomic mass is 79.9. The summed E-state index contributed by atoms with van der Waals surface area (Å²) in [5.41, 5.74) is 8.36. The minimum absolute atomic E-state index is 0.156. The van der Waals surface area contributed by atoms with Crippen LogP contribution in [0.2, 0.25) is 5.02 Å². The van der Waals surface area contributed by atoms with E-state index in [1.54, 1.807) is 14.2 Å². The molecule has 0 aliphatic rings. The Bertz CT molecular complexity index is 634. The Hall–Kier alpha value is -1.23. The van der Waals surface area contributed by atoms with Gasteiger partial charge in [0.15, 0.2) is 11.5 Å². The van der Waals surface area contributed by atoms with Gasteiger partial charge in [-0.15, -0.1) is 0 Å². The van der Waals surface area contributed by atoms with Crippen LogP contribution in [0.1, 0.15) is 17.2 Å². The van der Waals surface area contributed by atoms with Crippen molar-refractivity contribution in [1.29, 1.82) is 0 Å². The molecule has 0 aliphatic carbocycles. The van der Waals surface area contributed by atoms with Gasteiger partial charge in [0.25, 0.3) is 0 Å². The molecule has 1 atom stereocenters. The van der Waals surface area contributed by atoms with Crippen molar-refractivity contribution in [2.45, 2.75) is 12.5 Å². The highest BCUT2D eigenvalue weighted by Crippen LogP contribution is 2.31. The first-order valence-corrected chi connectivity index (χ1v) is 7.63. The van der Waals surface area contributed by atoms with E-state index in [0.29, 0.717) is 22.9 Å². The largest absolute Gasteiger partial charge is 0.493 e. The second kappa shape index (κ2) is 7.16. The summed E-state index contributed by atoms with van der Waals surface area (Å²) in [6.07, 6.45) is 0.680. The molecule has 2 aromatic carbocycles. The first kappa shape index (κ1) is 16.1. The van der Waals surface area contributed by atoms with Crippen molar-refractivity contribution >= 4 is 27.5 Å². The molecular formula is C16H17BrClNO2. The lowest BCUT2D eigenvalue weighted by atomic mass is 9.99. The highest BCUT2D eigenvalue weighted by molar-refractivity contribution is 9.10. The summed E-state index contributed by atoms with van der Waals surface area (Å²) in [6, 6.07) is 11.3. The van der Waals surface area contributed by atoms with Crippen LogP contribution in [0.3, 0.4) is 0 Å². The normalized spacial score (nSPS) is 12.0. The van der Waals surface area contributed by atoms with Crippen molar-refractivity contribution < 1.29 is 9.47 Å². The van der Waals surface area contributed by atoms with Crippen LogP contribution in [0.4, 0.5) is 0 Å². The first-order valence-electron chi connectivity index (χ1n) is 6.46. The molecule has 0 fully saturated rings. The third kappa shape index (κ3) is 3.90. The minimum Gasteiger partial charge on any atom is -0.493 e. The van der Waals surface area contributed by atoms with Crippen LogP contribution in [-0.4, -0.2) is 14.2 Å². The molecule has 0 amide bonds. The molecule has 2 aromatic rings. The van der Waals surface area contributed by atoms with E-state index in [0.717, 1.165) is 15.6 Å². The molecule has 0 spiro atoms. The molecule has 0 heterocycles. The van der Waals surface area contributed by atoms with Crippen molar-refractivity contribution in [3.05, 3.63) is 57.0 Å². The topological polar surface area (TPSA) is 44.5 Å². The van der Waals surface area contributed by atoms with Crippen molar-refractivity contribution in [2.75, 3.05) is 14.2 Å². The first-order chi connectivity index (χ1) is 10.0. The Morgan fingerprint density at radius 3 is 2.48 bits per heavy atom. The summed E-state index contributed by atoms with van der Waals surface area (Å²) in [7, 11) is 3.24. The van der Waals surface area contributed by atoms with E-state index in [1.165, 1.54) is 0 Å². The predicted molar refractivity (Wildman–Crippen MR) is 89.3 cm³/mol. The van der Waals surface area contributed by atoms with Gasteiger partial charge in [-0.2, -0.15) is 0 Å². The summed E-state index contributed by atoms with van der Waals surface area (Å²) in [6.45, 7) is 0. The molecule has 5 heteroatoms. The van der Waals surface area contributed by atoms with E-state index in [2.05, 4.69) is 15.9 Å². The number of benzene rings is 2. The number of hydrogen-bond donors (Lipinski definition) is 1. The summed E-state index contributed by atoms with van der Waals surface area (Å²) < 4.78 is 11.5. The lowest BCUT2D eigenvalue weighted by Gasteiger charge is -2.16. The van der Waals surface area contributed by atoms with Crippen LogP contribution in [0.25, 0.3) is 0 Å². The number of methoxy groups -OCH3 is 2. The SMILES string of the molecule is COc1ccc(CC(N)c2cc(Cl)ccc2Br)cc1OC. The minimum atomic E-state index is -0.156. The van der Waals surface area contributed by atoms with Crippen molar-refractivity contribution in [1.82, 2.24) is 0 Å². The fourth-order valence-electron chi connectivity index (χ4n) is 2.17. The number of halogens is 2. The van der Waals surface area contributed by atoms with E-state index in [-0.39, 0.29) is 6.04 Å². The Kier molecular flexibility index (Phi) is 5.51. The van der Waals surface area contributed by atoms with Crippen molar-refractivity contribution in [3.8, 4) is 11.5 Å². The van der Waals surface area contributed by atoms with Crippen LogP contribution in [-0.2, 0) is 6.42 Å².